The van der Waals surface area contributed by atoms with Gasteiger partial charge in [-0.25, -0.2) is 13.9 Å². The Morgan fingerprint density at radius 1 is 1.24 bits per heavy atom. The molecule has 0 aliphatic carbocycles. The molecule has 8 nitrogen and oxygen atoms in total. The Morgan fingerprint density at radius 2 is 2.00 bits per heavy atom. The van der Waals surface area contributed by atoms with Crippen LogP contribution in [-0.4, -0.2) is 29.6 Å². The van der Waals surface area contributed by atoms with Gasteiger partial charge in [0.05, 0.1) is 12.3 Å². The molecule has 1 aliphatic rings. The predicted octanol–water partition coefficient (Wildman–Crippen LogP) is 4.41. The number of benzene rings is 2. The van der Waals surface area contributed by atoms with E-state index in [-0.39, 0.29) is 6.79 Å². The van der Waals surface area contributed by atoms with Crippen molar-refractivity contribution >= 4 is 33.1 Å². The molecule has 1 aliphatic heterocycles. The summed E-state index contributed by atoms with van der Waals surface area (Å²) in [6.07, 6.45) is 0. The van der Waals surface area contributed by atoms with Crippen molar-refractivity contribution in [3.63, 3.8) is 0 Å². The summed E-state index contributed by atoms with van der Waals surface area (Å²) in [6.45, 7) is 9.20. The molecule has 0 radical (unpaired) electrons. The molecular formula is C23H26N4O4S2. The minimum atomic E-state index is -1.40. The first-order chi connectivity index (χ1) is 15.9. The first kappa shape index (κ1) is 23.1. The Balaban J connectivity index is 1.37. The van der Waals surface area contributed by atoms with E-state index in [1.807, 2.05) is 68.3 Å². The van der Waals surface area contributed by atoms with Gasteiger partial charge in [-0.1, -0.05) is 24.0 Å². The number of thiazole rings is 1. The van der Waals surface area contributed by atoms with Crippen molar-refractivity contribution in [2.75, 3.05) is 30.7 Å². The van der Waals surface area contributed by atoms with Crippen LogP contribution in [0.1, 0.15) is 18.2 Å². The smallest absolute Gasteiger partial charge is 0.231 e. The standard InChI is InChI=1S/C23H26N4O4S2/c1-5-29-19-9-7-18(8-10-19)26-16(3)27(4)23-25-15(2)22(32-23)33(28)24-13-17-6-11-20-21(12-17)31-14-30-20/h6-12,24,26H,3,5,13-14H2,1-2,4H3. The molecule has 3 aromatic rings. The zero-order chi connectivity index (χ0) is 23.4. The summed E-state index contributed by atoms with van der Waals surface area (Å²) in [7, 11) is 0.468. The van der Waals surface area contributed by atoms with Gasteiger partial charge in [0, 0.05) is 19.3 Å². The summed E-state index contributed by atoms with van der Waals surface area (Å²) >= 11 is 1.37. The van der Waals surface area contributed by atoms with Crippen LogP contribution in [0.4, 0.5) is 10.8 Å². The first-order valence-electron chi connectivity index (χ1n) is 10.4. The predicted molar refractivity (Wildman–Crippen MR) is 131 cm³/mol. The molecule has 0 amide bonds. The van der Waals surface area contributed by atoms with Gasteiger partial charge in [0.15, 0.2) is 16.6 Å². The van der Waals surface area contributed by atoms with E-state index in [1.165, 1.54) is 11.3 Å². The lowest BCUT2D eigenvalue weighted by atomic mass is 10.2. The van der Waals surface area contributed by atoms with Crippen molar-refractivity contribution in [1.82, 2.24) is 9.71 Å². The Labute approximate surface area is 199 Å². The van der Waals surface area contributed by atoms with Gasteiger partial charge in [-0.2, -0.15) is 0 Å². The molecule has 1 aromatic heterocycles. The summed E-state index contributed by atoms with van der Waals surface area (Å²) in [4.78, 5) is 6.43. The Morgan fingerprint density at radius 3 is 2.76 bits per heavy atom. The fourth-order valence-electron chi connectivity index (χ4n) is 3.12. The van der Waals surface area contributed by atoms with Crippen molar-refractivity contribution in [3.05, 3.63) is 66.1 Å². The number of nitrogens with one attached hydrogen (secondary N) is 2. The van der Waals surface area contributed by atoms with Crippen LogP contribution in [-0.2, 0) is 17.5 Å². The normalized spacial score (nSPS) is 12.9. The maximum Gasteiger partial charge on any atom is 0.231 e. The molecule has 2 heterocycles. The van der Waals surface area contributed by atoms with E-state index in [4.69, 9.17) is 14.2 Å². The summed E-state index contributed by atoms with van der Waals surface area (Å²) in [6, 6.07) is 13.3. The SMILES string of the molecule is C=C(Nc1ccc(OCC)cc1)N(C)c1nc(C)c(S(=O)NCc2ccc3c(c2)OCO3)s1. The number of hydrogen-bond donors (Lipinski definition) is 2. The Bertz CT molecular complexity index is 1160. The van der Waals surface area contributed by atoms with Crippen molar-refractivity contribution in [1.29, 1.82) is 0 Å². The Hall–Kier alpha value is -3.08. The second kappa shape index (κ2) is 10.2. The van der Waals surface area contributed by atoms with Gasteiger partial charge in [0.1, 0.15) is 26.8 Å². The maximum absolute atomic E-state index is 12.9. The molecule has 0 fully saturated rings. The minimum absolute atomic E-state index is 0.229. The number of ether oxygens (including phenoxy) is 3. The number of anilines is 2. The molecule has 2 aromatic carbocycles. The summed E-state index contributed by atoms with van der Waals surface area (Å²) in [5.41, 5.74) is 2.56. The topological polar surface area (TPSA) is 85.0 Å². The highest BCUT2D eigenvalue weighted by molar-refractivity contribution is 7.85. The molecule has 174 valence electrons. The number of rotatable bonds is 10. The highest BCUT2D eigenvalue weighted by atomic mass is 32.2. The first-order valence-corrected chi connectivity index (χ1v) is 12.3. The lowest BCUT2D eigenvalue weighted by molar-refractivity contribution is 0.174. The molecule has 0 bridgehead atoms. The molecule has 0 spiro atoms. The van der Waals surface area contributed by atoms with E-state index in [9.17, 15) is 4.21 Å². The highest BCUT2D eigenvalue weighted by Crippen LogP contribution is 2.33. The van der Waals surface area contributed by atoms with E-state index < -0.39 is 11.0 Å². The number of aromatic nitrogens is 1. The van der Waals surface area contributed by atoms with E-state index in [1.54, 1.807) is 0 Å². The molecular weight excluding hydrogens is 460 g/mol. The van der Waals surface area contributed by atoms with Crippen molar-refractivity contribution < 1.29 is 18.4 Å². The van der Waals surface area contributed by atoms with Crippen LogP contribution in [0.3, 0.4) is 0 Å². The average molecular weight is 487 g/mol. The van der Waals surface area contributed by atoms with Crippen LogP contribution >= 0.6 is 11.3 Å². The van der Waals surface area contributed by atoms with E-state index >= 15 is 0 Å². The molecule has 0 saturated heterocycles. The average Bonchev–Trinajstić information content (AvgIpc) is 3.44. The summed E-state index contributed by atoms with van der Waals surface area (Å²) in [5, 5.41) is 3.96. The quantitative estimate of drug-likeness (QED) is 0.439. The summed E-state index contributed by atoms with van der Waals surface area (Å²) in [5.74, 6) is 2.90. The molecule has 4 rings (SSSR count). The fraction of sp³-hybridized carbons (Fsp3) is 0.261. The highest BCUT2D eigenvalue weighted by Gasteiger charge is 2.19. The second-order valence-corrected chi connectivity index (χ2v) is 9.71. The molecule has 10 heteroatoms. The molecule has 33 heavy (non-hydrogen) atoms. The molecule has 1 atom stereocenters. The third-order valence-corrected chi connectivity index (χ3v) is 7.67. The van der Waals surface area contributed by atoms with Crippen molar-refractivity contribution in [2.45, 2.75) is 24.6 Å². The van der Waals surface area contributed by atoms with E-state index in [2.05, 4.69) is 21.6 Å². The van der Waals surface area contributed by atoms with Gasteiger partial charge in [0.25, 0.3) is 0 Å². The van der Waals surface area contributed by atoms with Crippen LogP contribution in [0, 0.1) is 6.92 Å². The van der Waals surface area contributed by atoms with Gasteiger partial charge in [-0.15, -0.1) is 0 Å². The molecule has 0 saturated carbocycles. The van der Waals surface area contributed by atoms with Gasteiger partial charge < -0.3 is 24.4 Å². The van der Waals surface area contributed by atoms with Crippen LogP contribution in [0.15, 0.2) is 59.1 Å². The Kier molecular flexibility index (Phi) is 7.17. The molecule has 2 N–H and O–H groups in total. The van der Waals surface area contributed by atoms with Crippen molar-refractivity contribution in [3.8, 4) is 17.2 Å². The third-order valence-electron chi connectivity index (χ3n) is 4.90. The zero-order valence-electron chi connectivity index (χ0n) is 18.7. The zero-order valence-corrected chi connectivity index (χ0v) is 20.3. The van der Waals surface area contributed by atoms with E-state index in [0.717, 1.165) is 22.7 Å². The lowest BCUT2D eigenvalue weighted by Crippen LogP contribution is -2.21. The fourth-order valence-corrected chi connectivity index (χ4v) is 5.35. The summed E-state index contributed by atoms with van der Waals surface area (Å²) < 4.78 is 32.8. The van der Waals surface area contributed by atoms with Gasteiger partial charge in [-0.05, 0) is 55.8 Å². The largest absolute Gasteiger partial charge is 0.494 e. The lowest BCUT2D eigenvalue weighted by Gasteiger charge is -2.20. The molecule has 1 unspecified atom stereocenters. The van der Waals surface area contributed by atoms with Gasteiger partial charge >= 0.3 is 0 Å². The van der Waals surface area contributed by atoms with Crippen molar-refractivity contribution in [2.24, 2.45) is 0 Å². The second-order valence-electron chi connectivity index (χ2n) is 7.23. The van der Waals surface area contributed by atoms with Crippen LogP contribution in [0.5, 0.6) is 17.2 Å². The maximum atomic E-state index is 12.9. The number of aryl methyl sites for hydroxylation is 1. The number of hydrogen-bond acceptors (Lipinski definition) is 8. The monoisotopic (exact) mass is 486 g/mol. The number of fused-ring (bicyclic) bond motifs is 1. The minimum Gasteiger partial charge on any atom is -0.494 e. The van der Waals surface area contributed by atoms with Gasteiger partial charge in [-0.3, -0.25) is 0 Å². The van der Waals surface area contributed by atoms with E-state index in [0.29, 0.717) is 39.8 Å². The number of nitrogens with zero attached hydrogens (tertiary/aromatic N) is 2. The third kappa shape index (κ3) is 5.47. The van der Waals surface area contributed by atoms with Crippen LogP contribution in [0.25, 0.3) is 0 Å². The van der Waals surface area contributed by atoms with Crippen LogP contribution < -0.4 is 29.1 Å². The van der Waals surface area contributed by atoms with Crippen LogP contribution in [0.2, 0.25) is 0 Å². The van der Waals surface area contributed by atoms with Gasteiger partial charge in [0.2, 0.25) is 6.79 Å².